The molecule has 1 saturated heterocycles. The van der Waals surface area contributed by atoms with Gasteiger partial charge < -0.3 is 29.3 Å². The lowest BCUT2D eigenvalue weighted by molar-refractivity contribution is 0.0396. The van der Waals surface area contributed by atoms with Crippen molar-refractivity contribution in [3.8, 4) is 22.8 Å². The summed E-state index contributed by atoms with van der Waals surface area (Å²) in [5.74, 6) is 0.315. The van der Waals surface area contributed by atoms with Crippen molar-refractivity contribution < 1.29 is 38.4 Å². The lowest BCUT2D eigenvalue weighted by atomic mass is 9.85. The van der Waals surface area contributed by atoms with Crippen molar-refractivity contribution in [1.82, 2.24) is 9.88 Å². The molecule has 0 spiro atoms. The number of carbonyl (C=O) groups is 2. The van der Waals surface area contributed by atoms with Gasteiger partial charge in [-0.1, -0.05) is 30.3 Å². The molecule has 0 saturated carbocycles. The molecule has 10 heteroatoms. The van der Waals surface area contributed by atoms with E-state index in [1.165, 1.54) is 19.2 Å². The SMILES string of the molecule is COc1cc(C(=O)CCC(C)(O)c2cc(C3CCN(C(=O)OCc4ccccc4)CC3)cc(-c3ccc(F)cc3)n2)ccc1OCCO. The number of ether oxygens (including phenoxy) is 3. The number of aromatic nitrogens is 1. The largest absolute Gasteiger partial charge is 0.493 e. The zero-order chi connectivity index (χ0) is 34.1. The van der Waals surface area contributed by atoms with E-state index in [-0.39, 0.29) is 56.3 Å². The van der Waals surface area contributed by atoms with Gasteiger partial charge in [0.05, 0.1) is 25.1 Å². The fourth-order valence-electron chi connectivity index (χ4n) is 5.78. The van der Waals surface area contributed by atoms with Gasteiger partial charge in [0.1, 0.15) is 24.6 Å². The molecule has 2 heterocycles. The van der Waals surface area contributed by atoms with Gasteiger partial charge in [0.15, 0.2) is 17.3 Å². The minimum atomic E-state index is -1.46. The van der Waals surface area contributed by atoms with Gasteiger partial charge in [0.2, 0.25) is 0 Å². The predicted molar refractivity (Wildman–Crippen MR) is 179 cm³/mol. The average Bonchev–Trinajstić information content (AvgIpc) is 3.12. The second kappa shape index (κ2) is 15.9. The zero-order valence-electron chi connectivity index (χ0n) is 27.2. The highest BCUT2D eigenvalue weighted by molar-refractivity contribution is 5.96. The van der Waals surface area contributed by atoms with Crippen LogP contribution >= 0.6 is 0 Å². The molecule has 1 aliphatic heterocycles. The first kappa shape index (κ1) is 34.5. The molecule has 0 radical (unpaired) electrons. The van der Waals surface area contributed by atoms with Gasteiger partial charge in [-0.2, -0.15) is 0 Å². The van der Waals surface area contributed by atoms with Crippen molar-refractivity contribution in [3.63, 3.8) is 0 Å². The summed E-state index contributed by atoms with van der Waals surface area (Å²) in [7, 11) is 1.47. The number of hydrogen-bond donors (Lipinski definition) is 2. The number of nitrogens with zero attached hydrogens (tertiary/aromatic N) is 2. The van der Waals surface area contributed by atoms with Crippen LogP contribution in [0, 0.1) is 5.82 Å². The second-order valence-corrected chi connectivity index (χ2v) is 12.1. The van der Waals surface area contributed by atoms with E-state index < -0.39 is 5.60 Å². The summed E-state index contributed by atoms with van der Waals surface area (Å²) >= 11 is 0. The van der Waals surface area contributed by atoms with Crippen molar-refractivity contribution in [2.75, 3.05) is 33.4 Å². The Hall–Kier alpha value is -4.80. The molecule has 5 rings (SSSR count). The van der Waals surface area contributed by atoms with Gasteiger partial charge in [-0.3, -0.25) is 4.79 Å². The molecular weight excluding hydrogens is 615 g/mol. The van der Waals surface area contributed by atoms with Gasteiger partial charge in [-0.25, -0.2) is 14.2 Å². The van der Waals surface area contributed by atoms with Crippen molar-refractivity contribution in [2.45, 2.75) is 50.7 Å². The Morgan fingerprint density at radius 3 is 2.40 bits per heavy atom. The summed E-state index contributed by atoms with van der Waals surface area (Å²) < 4.78 is 30.1. The van der Waals surface area contributed by atoms with E-state index in [1.807, 2.05) is 42.5 Å². The first-order valence-corrected chi connectivity index (χ1v) is 16.1. The average molecular weight is 657 g/mol. The summed E-state index contributed by atoms with van der Waals surface area (Å²) in [6.45, 7) is 2.82. The van der Waals surface area contributed by atoms with E-state index in [4.69, 9.17) is 24.3 Å². The number of halogens is 1. The summed E-state index contributed by atoms with van der Waals surface area (Å²) in [4.78, 5) is 32.5. The number of piperidine rings is 1. The minimum absolute atomic E-state index is 0.0360. The van der Waals surface area contributed by atoms with Crippen LogP contribution < -0.4 is 9.47 Å². The number of methoxy groups -OCH3 is 1. The number of carbonyl (C=O) groups excluding carboxylic acids is 2. The lowest BCUT2D eigenvalue weighted by Gasteiger charge is -2.32. The van der Waals surface area contributed by atoms with Crippen molar-refractivity contribution >= 4 is 11.9 Å². The van der Waals surface area contributed by atoms with E-state index in [2.05, 4.69) is 0 Å². The highest BCUT2D eigenvalue weighted by Crippen LogP contribution is 2.36. The van der Waals surface area contributed by atoms with Gasteiger partial charge in [0, 0.05) is 30.6 Å². The molecule has 1 aromatic heterocycles. The highest BCUT2D eigenvalue weighted by atomic mass is 19.1. The monoisotopic (exact) mass is 656 g/mol. The van der Waals surface area contributed by atoms with Gasteiger partial charge in [-0.15, -0.1) is 0 Å². The second-order valence-electron chi connectivity index (χ2n) is 12.1. The third-order valence-electron chi connectivity index (χ3n) is 8.64. The number of Topliss-reactive ketones (excluding diaryl/α,β-unsaturated/α-hetero) is 1. The quantitative estimate of drug-likeness (QED) is 0.154. The maximum absolute atomic E-state index is 13.8. The number of pyridine rings is 1. The molecule has 1 amide bonds. The molecular formula is C38H41FN2O7. The highest BCUT2D eigenvalue weighted by Gasteiger charge is 2.30. The summed E-state index contributed by atoms with van der Waals surface area (Å²) in [6, 6.07) is 24.2. The maximum atomic E-state index is 13.8. The maximum Gasteiger partial charge on any atom is 0.410 e. The Bertz CT molecular complexity index is 1690. The number of rotatable bonds is 13. The normalized spacial score (nSPS) is 14.6. The molecule has 48 heavy (non-hydrogen) atoms. The predicted octanol–water partition coefficient (Wildman–Crippen LogP) is 6.65. The Morgan fingerprint density at radius 2 is 1.71 bits per heavy atom. The van der Waals surface area contributed by atoms with Gasteiger partial charge in [-0.05, 0) is 97.8 Å². The van der Waals surface area contributed by atoms with Crippen LogP contribution in [0.25, 0.3) is 11.3 Å². The number of aliphatic hydroxyl groups is 2. The van der Waals surface area contributed by atoms with E-state index in [9.17, 15) is 19.1 Å². The Balaban J connectivity index is 1.31. The number of likely N-dealkylation sites (tertiary alicyclic amines) is 1. The van der Waals surface area contributed by atoms with Crippen LogP contribution in [0.2, 0.25) is 0 Å². The molecule has 1 unspecified atom stereocenters. The molecule has 0 aliphatic carbocycles. The smallest absolute Gasteiger partial charge is 0.410 e. The molecule has 9 nitrogen and oxygen atoms in total. The van der Waals surface area contributed by atoms with E-state index in [0.29, 0.717) is 59.9 Å². The number of ketones is 1. The molecule has 4 aromatic rings. The van der Waals surface area contributed by atoms with Crippen LogP contribution in [0.15, 0.2) is 84.9 Å². The summed E-state index contributed by atoms with van der Waals surface area (Å²) in [6.07, 6.45) is 1.16. The van der Waals surface area contributed by atoms with Gasteiger partial charge >= 0.3 is 6.09 Å². The summed E-state index contributed by atoms with van der Waals surface area (Å²) in [5.41, 5.74) is 2.51. The number of aliphatic hydroxyl groups excluding tert-OH is 1. The van der Waals surface area contributed by atoms with Crippen LogP contribution in [0.4, 0.5) is 9.18 Å². The molecule has 1 atom stereocenters. The van der Waals surface area contributed by atoms with E-state index in [0.717, 1.165) is 11.1 Å². The van der Waals surface area contributed by atoms with Crippen LogP contribution in [-0.2, 0) is 16.9 Å². The molecule has 252 valence electrons. The molecule has 0 bridgehead atoms. The fourth-order valence-corrected chi connectivity index (χ4v) is 5.78. The fraction of sp³-hybridized carbons (Fsp3) is 0.342. The first-order chi connectivity index (χ1) is 23.2. The molecule has 2 N–H and O–H groups in total. The van der Waals surface area contributed by atoms with Crippen LogP contribution in [0.3, 0.4) is 0 Å². The molecule has 1 fully saturated rings. The summed E-state index contributed by atoms with van der Waals surface area (Å²) in [5, 5.41) is 20.8. The standard InChI is InChI=1S/C38H41FN2O7/c1-38(45,17-14-33(43)29-10-13-34(47-21-20-42)35(23-29)46-2)36-24-30(22-32(40-36)28-8-11-31(39)12-9-28)27-15-18-41(19-16-27)37(44)48-25-26-6-4-3-5-7-26/h3-13,22-24,27,42,45H,14-21,25H2,1-2H3. The third kappa shape index (κ3) is 8.76. The van der Waals surface area contributed by atoms with Crippen molar-refractivity contribution in [1.29, 1.82) is 0 Å². The van der Waals surface area contributed by atoms with Crippen LogP contribution in [-0.4, -0.2) is 65.4 Å². The van der Waals surface area contributed by atoms with Crippen molar-refractivity contribution in [3.05, 3.63) is 113 Å². The number of amides is 1. The van der Waals surface area contributed by atoms with E-state index in [1.54, 1.807) is 42.2 Å². The molecule has 3 aromatic carbocycles. The Labute approximate surface area is 279 Å². The minimum Gasteiger partial charge on any atom is -0.493 e. The zero-order valence-corrected chi connectivity index (χ0v) is 27.2. The molecule has 1 aliphatic rings. The number of hydrogen-bond acceptors (Lipinski definition) is 8. The Kier molecular flexibility index (Phi) is 11.4. The van der Waals surface area contributed by atoms with Crippen LogP contribution in [0.5, 0.6) is 11.5 Å². The lowest BCUT2D eigenvalue weighted by Crippen LogP contribution is -2.38. The number of benzene rings is 3. The first-order valence-electron chi connectivity index (χ1n) is 16.1. The van der Waals surface area contributed by atoms with E-state index >= 15 is 0 Å². The third-order valence-corrected chi connectivity index (χ3v) is 8.64. The van der Waals surface area contributed by atoms with Crippen LogP contribution in [0.1, 0.15) is 65.7 Å². The Morgan fingerprint density at radius 1 is 0.979 bits per heavy atom. The van der Waals surface area contributed by atoms with Gasteiger partial charge in [0.25, 0.3) is 0 Å². The topological polar surface area (TPSA) is 118 Å². The van der Waals surface area contributed by atoms with Crippen molar-refractivity contribution in [2.24, 2.45) is 0 Å².